The summed E-state index contributed by atoms with van der Waals surface area (Å²) in [6.45, 7) is 0.912. The summed E-state index contributed by atoms with van der Waals surface area (Å²) in [5.41, 5.74) is 0.953. The van der Waals surface area contributed by atoms with E-state index in [2.05, 4.69) is 5.32 Å². The fourth-order valence-corrected chi connectivity index (χ4v) is 2.45. The van der Waals surface area contributed by atoms with E-state index in [1.807, 2.05) is 0 Å². The van der Waals surface area contributed by atoms with Gasteiger partial charge in [0.15, 0.2) is 0 Å². The van der Waals surface area contributed by atoms with E-state index in [1.165, 1.54) is 6.07 Å². The van der Waals surface area contributed by atoms with E-state index < -0.39 is 5.97 Å². The van der Waals surface area contributed by atoms with E-state index in [9.17, 15) is 14.7 Å². The monoisotopic (exact) mass is 292 g/mol. The molecule has 0 saturated heterocycles. The van der Waals surface area contributed by atoms with Gasteiger partial charge in [0.05, 0.1) is 11.7 Å². The Morgan fingerprint density at radius 3 is 2.71 bits per heavy atom. The summed E-state index contributed by atoms with van der Waals surface area (Å²) in [7, 11) is 1.72. The normalized spacial score (nSPS) is 20.5. The maximum atomic E-state index is 11.9. The van der Waals surface area contributed by atoms with E-state index in [0.717, 1.165) is 18.4 Å². The zero-order valence-corrected chi connectivity index (χ0v) is 12.0. The fraction of sp³-hybridized carbons (Fsp3) is 0.467. The van der Waals surface area contributed by atoms with Crippen LogP contribution in [0.3, 0.4) is 0 Å². The molecular weight excluding hydrogens is 272 g/mol. The van der Waals surface area contributed by atoms with Crippen LogP contribution in [0.15, 0.2) is 24.3 Å². The Hall–Kier alpha value is -2.08. The molecule has 0 unspecified atom stereocenters. The molecule has 0 heterocycles. The SMILES string of the molecule is CN(CC1CC(O)C1)C(=O)NCc1cccc(C(=O)O)c1. The molecule has 0 radical (unpaired) electrons. The molecule has 0 aliphatic heterocycles. The molecule has 1 aromatic carbocycles. The average molecular weight is 292 g/mol. The summed E-state index contributed by atoms with van der Waals surface area (Å²) in [6, 6.07) is 6.29. The van der Waals surface area contributed by atoms with E-state index >= 15 is 0 Å². The van der Waals surface area contributed by atoms with Crippen molar-refractivity contribution in [3.05, 3.63) is 35.4 Å². The Balaban J connectivity index is 1.80. The van der Waals surface area contributed by atoms with Crippen molar-refractivity contribution in [3.63, 3.8) is 0 Å². The number of aromatic carboxylic acids is 1. The summed E-state index contributed by atoms with van der Waals surface area (Å²) < 4.78 is 0. The number of hydrogen-bond donors (Lipinski definition) is 3. The fourth-order valence-electron chi connectivity index (χ4n) is 2.45. The number of carbonyl (C=O) groups is 2. The van der Waals surface area contributed by atoms with Crippen molar-refractivity contribution in [1.82, 2.24) is 10.2 Å². The Bertz CT molecular complexity index is 526. The zero-order chi connectivity index (χ0) is 15.4. The van der Waals surface area contributed by atoms with Crippen LogP contribution in [0.4, 0.5) is 4.79 Å². The van der Waals surface area contributed by atoms with Crippen molar-refractivity contribution in [1.29, 1.82) is 0 Å². The second-order valence-corrected chi connectivity index (χ2v) is 5.54. The maximum Gasteiger partial charge on any atom is 0.335 e. The molecule has 1 aliphatic rings. The van der Waals surface area contributed by atoms with Crippen LogP contribution in [0.25, 0.3) is 0 Å². The number of nitrogens with one attached hydrogen (secondary N) is 1. The molecule has 1 aliphatic carbocycles. The minimum absolute atomic E-state index is 0.197. The Labute approximate surface area is 123 Å². The molecule has 0 aromatic heterocycles. The molecule has 6 heteroatoms. The van der Waals surface area contributed by atoms with Crippen molar-refractivity contribution >= 4 is 12.0 Å². The average Bonchev–Trinajstić information content (AvgIpc) is 2.43. The van der Waals surface area contributed by atoms with Gasteiger partial charge in [-0.3, -0.25) is 0 Å². The van der Waals surface area contributed by atoms with Gasteiger partial charge >= 0.3 is 12.0 Å². The third-order valence-corrected chi connectivity index (χ3v) is 3.71. The standard InChI is InChI=1S/C15H20N2O4/c1-17(9-11-6-13(18)7-11)15(21)16-8-10-3-2-4-12(5-10)14(19)20/h2-5,11,13,18H,6-9H2,1H3,(H,16,21)(H,19,20). The molecule has 2 rings (SSSR count). The van der Waals surface area contributed by atoms with Crippen LogP contribution in [0.5, 0.6) is 0 Å². The Morgan fingerprint density at radius 1 is 1.38 bits per heavy atom. The van der Waals surface area contributed by atoms with Gasteiger partial charge in [-0.15, -0.1) is 0 Å². The van der Waals surface area contributed by atoms with Gasteiger partial charge < -0.3 is 20.4 Å². The smallest absolute Gasteiger partial charge is 0.335 e. The Kier molecular flexibility index (Phi) is 4.80. The minimum Gasteiger partial charge on any atom is -0.478 e. The first kappa shape index (κ1) is 15.3. The quantitative estimate of drug-likeness (QED) is 0.763. The lowest BCUT2D eigenvalue weighted by atomic mass is 9.82. The second kappa shape index (κ2) is 6.58. The van der Waals surface area contributed by atoms with E-state index in [1.54, 1.807) is 30.1 Å². The summed E-state index contributed by atoms with van der Waals surface area (Å²) in [5, 5.41) is 20.9. The minimum atomic E-state index is -0.983. The van der Waals surface area contributed by atoms with Crippen LogP contribution in [-0.4, -0.2) is 46.8 Å². The molecule has 114 valence electrons. The molecule has 6 nitrogen and oxygen atoms in total. The first-order chi connectivity index (χ1) is 9.95. The summed E-state index contributed by atoms with van der Waals surface area (Å²) in [5.74, 6) is -0.616. The van der Waals surface area contributed by atoms with Gasteiger partial charge in [0.1, 0.15) is 0 Å². The first-order valence-corrected chi connectivity index (χ1v) is 6.95. The highest BCUT2D eigenvalue weighted by molar-refractivity contribution is 5.87. The molecule has 0 atom stereocenters. The van der Waals surface area contributed by atoms with Gasteiger partial charge in [0.25, 0.3) is 0 Å². The van der Waals surface area contributed by atoms with Crippen LogP contribution >= 0.6 is 0 Å². The van der Waals surface area contributed by atoms with Crippen LogP contribution in [-0.2, 0) is 6.54 Å². The molecule has 1 fully saturated rings. The number of carbonyl (C=O) groups excluding carboxylic acids is 1. The highest BCUT2D eigenvalue weighted by atomic mass is 16.4. The molecule has 1 saturated carbocycles. The Morgan fingerprint density at radius 2 is 2.10 bits per heavy atom. The molecular formula is C15H20N2O4. The number of amides is 2. The number of benzene rings is 1. The number of carboxylic acid groups (broad SMARTS) is 1. The number of carboxylic acids is 1. The van der Waals surface area contributed by atoms with Gasteiger partial charge in [-0.05, 0) is 36.5 Å². The number of rotatable bonds is 5. The lowest BCUT2D eigenvalue weighted by molar-refractivity contribution is 0.0325. The predicted octanol–water partition coefficient (Wildman–Crippen LogP) is 1.30. The summed E-state index contributed by atoms with van der Waals surface area (Å²) >= 11 is 0. The summed E-state index contributed by atoms with van der Waals surface area (Å²) in [6.07, 6.45) is 1.28. The number of aliphatic hydroxyl groups is 1. The largest absolute Gasteiger partial charge is 0.478 e. The van der Waals surface area contributed by atoms with Crippen LogP contribution < -0.4 is 5.32 Å². The first-order valence-electron chi connectivity index (χ1n) is 6.95. The van der Waals surface area contributed by atoms with Crippen molar-refractivity contribution in [2.24, 2.45) is 5.92 Å². The molecule has 2 amide bonds. The summed E-state index contributed by atoms with van der Waals surface area (Å²) in [4.78, 5) is 24.4. The third-order valence-electron chi connectivity index (χ3n) is 3.71. The van der Waals surface area contributed by atoms with Gasteiger partial charge in [-0.25, -0.2) is 9.59 Å². The van der Waals surface area contributed by atoms with Gasteiger partial charge in [0.2, 0.25) is 0 Å². The molecule has 1 aromatic rings. The third kappa shape index (κ3) is 4.19. The van der Waals surface area contributed by atoms with Crippen LogP contribution in [0, 0.1) is 5.92 Å². The second-order valence-electron chi connectivity index (χ2n) is 5.54. The predicted molar refractivity (Wildman–Crippen MR) is 77.0 cm³/mol. The van der Waals surface area contributed by atoms with Crippen molar-refractivity contribution in [3.8, 4) is 0 Å². The number of aliphatic hydroxyl groups excluding tert-OH is 1. The zero-order valence-electron chi connectivity index (χ0n) is 12.0. The number of urea groups is 1. The maximum absolute atomic E-state index is 11.9. The lowest BCUT2D eigenvalue weighted by Gasteiger charge is -2.34. The van der Waals surface area contributed by atoms with Gasteiger partial charge in [-0.1, -0.05) is 12.1 Å². The topological polar surface area (TPSA) is 89.9 Å². The highest BCUT2D eigenvalue weighted by Gasteiger charge is 2.28. The van der Waals surface area contributed by atoms with Gasteiger partial charge in [-0.2, -0.15) is 0 Å². The lowest BCUT2D eigenvalue weighted by Crippen LogP contribution is -2.43. The number of nitrogens with zero attached hydrogens (tertiary/aromatic N) is 1. The van der Waals surface area contributed by atoms with E-state index in [4.69, 9.17) is 5.11 Å². The molecule has 3 N–H and O–H groups in total. The highest BCUT2D eigenvalue weighted by Crippen LogP contribution is 2.27. The van der Waals surface area contributed by atoms with Crippen LogP contribution in [0.2, 0.25) is 0 Å². The van der Waals surface area contributed by atoms with Crippen LogP contribution in [0.1, 0.15) is 28.8 Å². The molecule has 0 bridgehead atoms. The van der Waals surface area contributed by atoms with E-state index in [0.29, 0.717) is 12.5 Å². The van der Waals surface area contributed by atoms with E-state index in [-0.39, 0.29) is 24.2 Å². The van der Waals surface area contributed by atoms with Crippen molar-refractivity contribution < 1.29 is 19.8 Å². The van der Waals surface area contributed by atoms with Gasteiger partial charge in [0, 0.05) is 20.1 Å². The molecule has 21 heavy (non-hydrogen) atoms. The molecule has 0 spiro atoms. The number of hydrogen-bond acceptors (Lipinski definition) is 3. The van der Waals surface area contributed by atoms with Crippen molar-refractivity contribution in [2.75, 3.05) is 13.6 Å². The van der Waals surface area contributed by atoms with Crippen molar-refractivity contribution in [2.45, 2.75) is 25.5 Å².